The van der Waals surface area contributed by atoms with Crippen molar-refractivity contribution in [2.75, 3.05) is 0 Å². The highest BCUT2D eigenvalue weighted by Crippen LogP contribution is 2.49. The molecule has 0 N–H and O–H groups in total. The van der Waals surface area contributed by atoms with E-state index in [0.717, 1.165) is 0 Å². The van der Waals surface area contributed by atoms with Crippen molar-refractivity contribution in [1.29, 1.82) is 0 Å². The van der Waals surface area contributed by atoms with Crippen LogP contribution >= 0.6 is 11.3 Å². The number of benzene rings is 8. The van der Waals surface area contributed by atoms with E-state index in [2.05, 4.69) is 187 Å². The first-order valence-electron chi connectivity index (χ1n) is 17.6. The summed E-state index contributed by atoms with van der Waals surface area (Å²) in [7, 11) is 0. The zero-order valence-electron chi connectivity index (χ0n) is 27.8. The van der Waals surface area contributed by atoms with Gasteiger partial charge in [-0.25, -0.2) is 0 Å². The van der Waals surface area contributed by atoms with Crippen LogP contribution in [0.4, 0.5) is 0 Å². The fourth-order valence-corrected chi connectivity index (χ4v) is 9.72. The van der Waals surface area contributed by atoms with Crippen LogP contribution in [0.2, 0.25) is 0 Å². The maximum absolute atomic E-state index is 2.46. The van der Waals surface area contributed by atoms with Gasteiger partial charge in [-0.1, -0.05) is 146 Å². The number of rotatable bonds is 4. The van der Waals surface area contributed by atoms with Gasteiger partial charge in [0.2, 0.25) is 0 Å². The van der Waals surface area contributed by atoms with Gasteiger partial charge in [0.25, 0.3) is 0 Å². The third-order valence-electron chi connectivity index (χ3n) is 10.9. The smallest absolute Gasteiger partial charge is 0.0541 e. The summed E-state index contributed by atoms with van der Waals surface area (Å²) in [5.41, 5.74) is 15.3. The van der Waals surface area contributed by atoms with E-state index in [1.807, 2.05) is 11.3 Å². The Morgan fingerprint density at radius 1 is 0.373 bits per heavy atom. The van der Waals surface area contributed by atoms with Crippen LogP contribution < -0.4 is 0 Å². The van der Waals surface area contributed by atoms with Gasteiger partial charge in [0.05, 0.1) is 11.0 Å². The van der Waals surface area contributed by atoms with Crippen molar-refractivity contribution in [2.45, 2.75) is 5.92 Å². The van der Waals surface area contributed by atoms with E-state index in [1.54, 1.807) is 0 Å². The summed E-state index contributed by atoms with van der Waals surface area (Å²) < 4.78 is 5.13. The lowest BCUT2D eigenvalue weighted by Gasteiger charge is -2.19. The van der Waals surface area contributed by atoms with Crippen molar-refractivity contribution in [1.82, 2.24) is 4.57 Å². The lowest BCUT2D eigenvalue weighted by molar-refractivity contribution is 1.01. The SMILES string of the molecule is c1ccc2c(c1)-c1ccccc1C2c1cc(-c2ccc(-c3ccc4c(c3)sc3ccccc34)cc2)cc(-n2c3ccccc3c3ccccc32)c1. The number of fused-ring (bicyclic) bond motifs is 9. The maximum atomic E-state index is 2.46. The van der Waals surface area contributed by atoms with Gasteiger partial charge in [0.15, 0.2) is 0 Å². The second kappa shape index (κ2) is 11.1. The van der Waals surface area contributed by atoms with Gasteiger partial charge >= 0.3 is 0 Å². The Morgan fingerprint density at radius 2 is 0.902 bits per heavy atom. The molecule has 11 rings (SSSR count). The molecule has 0 saturated carbocycles. The average molecular weight is 666 g/mol. The fourth-order valence-electron chi connectivity index (χ4n) is 8.57. The van der Waals surface area contributed by atoms with Gasteiger partial charge in [-0.2, -0.15) is 0 Å². The van der Waals surface area contributed by atoms with Crippen molar-refractivity contribution >= 4 is 53.3 Å². The lowest BCUT2D eigenvalue weighted by atomic mass is 9.87. The predicted octanol–water partition coefficient (Wildman–Crippen LogP) is 13.6. The van der Waals surface area contributed by atoms with Crippen LogP contribution in [-0.4, -0.2) is 4.57 Å². The second-order valence-corrected chi connectivity index (χ2v) is 14.8. The number of thiophene rings is 1. The molecule has 1 aliphatic rings. The minimum absolute atomic E-state index is 0.150. The van der Waals surface area contributed by atoms with Crippen LogP contribution in [0.15, 0.2) is 182 Å². The molecule has 0 fully saturated rings. The summed E-state index contributed by atoms with van der Waals surface area (Å²) in [5.74, 6) is 0.150. The molecule has 2 heteroatoms. The summed E-state index contributed by atoms with van der Waals surface area (Å²) in [6, 6.07) is 67.5. The monoisotopic (exact) mass is 665 g/mol. The van der Waals surface area contributed by atoms with E-state index in [9.17, 15) is 0 Å². The number of hydrogen-bond acceptors (Lipinski definition) is 1. The van der Waals surface area contributed by atoms with Crippen molar-refractivity contribution in [3.8, 4) is 39.1 Å². The van der Waals surface area contributed by atoms with Crippen molar-refractivity contribution < 1.29 is 0 Å². The second-order valence-electron chi connectivity index (χ2n) is 13.7. The molecule has 0 unspecified atom stereocenters. The molecular formula is C49H31NS. The lowest BCUT2D eigenvalue weighted by Crippen LogP contribution is -2.03. The molecule has 1 nitrogen and oxygen atoms in total. The Balaban J connectivity index is 1.10. The molecule has 51 heavy (non-hydrogen) atoms. The molecule has 0 radical (unpaired) electrons. The Kier molecular flexibility index (Phi) is 6.25. The topological polar surface area (TPSA) is 4.93 Å². The highest BCUT2D eigenvalue weighted by atomic mass is 32.1. The van der Waals surface area contributed by atoms with Gasteiger partial charge in [0, 0.05) is 42.6 Å². The minimum Gasteiger partial charge on any atom is -0.309 e. The molecule has 0 bridgehead atoms. The molecule has 0 spiro atoms. The summed E-state index contributed by atoms with van der Waals surface area (Å²) >= 11 is 1.87. The van der Waals surface area contributed by atoms with Crippen LogP contribution in [0.3, 0.4) is 0 Å². The number of para-hydroxylation sites is 2. The van der Waals surface area contributed by atoms with Gasteiger partial charge in [-0.05, 0) is 86.5 Å². The van der Waals surface area contributed by atoms with Gasteiger partial charge in [-0.15, -0.1) is 11.3 Å². The number of hydrogen-bond donors (Lipinski definition) is 0. The average Bonchev–Trinajstić information content (AvgIpc) is 3.85. The van der Waals surface area contributed by atoms with E-state index >= 15 is 0 Å². The van der Waals surface area contributed by atoms with Gasteiger partial charge < -0.3 is 4.57 Å². The van der Waals surface area contributed by atoms with Crippen LogP contribution in [0.25, 0.3) is 81.0 Å². The zero-order chi connectivity index (χ0) is 33.5. The van der Waals surface area contributed by atoms with Crippen LogP contribution in [0.5, 0.6) is 0 Å². The first-order valence-corrected chi connectivity index (χ1v) is 18.4. The highest BCUT2D eigenvalue weighted by molar-refractivity contribution is 7.25. The number of aromatic nitrogens is 1. The molecule has 0 amide bonds. The summed E-state index contributed by atoms with van der Waals surface area (Å²) in [6.07, 6.45) is 0. The molecule has 2 heterocycles. The molecule has 10 aromatic rings. The van der Waals surface area contributed by atoms with Crippen molar-refractivity contribution in [2.24, 2.45) is 0 Å². The van der Waals surface area contributed by atoms with E-state index in [4.69, 9.17) is 0 Å². The molecule has 0 atom stereocenters. The van der Waals surface area contributed by atoms with E-state index in [1.165, 1.54) is 97.7 Å². The number of nitrogens with zero attached hydrogens (tertiary/aromatic N) is 1. The quantitative estimate of drug-likeness (QED) is 0.176. The van der Waals surface area contributed by atoms with Crippen molar-refractivity contribution in [3.63, 3.8) is 0 Å². The third-order valence-corrected chi connectivity index (χ3v) is 12.0. The summed E-state index contributed by atoms with van der Waals surface area (Å²) in [5, 5.41) is 5.22. The Labute approximate surface area is 300 Å². The Bertz CT molecular complexity index is 2880. The van der Waals surface area contributed by atoms with E-state index in [0.29, 0.717) is 0 Å². The molecule has 0 aliphatic heterocycles. The van der Waals surface area contributed by atoms with Crippen molar-refractivity contribution in [3.05, 3.63) is 199 Å². The normalized spacial score (nSPS) is 12.6. The first-order chi connectivity index (χ1) is 25.3. The maximum Gasteiger partial charge on any atom is 0.0541 e. The summed E-state index contributed by atoms with van der Waals surface area (Å²) in [6.45, 7) is 0. The zero-order valence-corrected chi connectivity index (χ0v) is 28.6. The van der Waals surface area contributed by atoms with Crippen LogP contribution in [-0.2, 0) is 0 Å². The predicted molar refractivity (Wildman–Crippen MR) is 217 cm³/mol. The Morgan fingerprint density at radius 3 is 1.59 bits per heavy atom. The van der Waals surface area contributed by atoms with Gasteiger partial charge in [0.1, 0.15) is 0 Å². The molecular weight excluding hydrogens is 635 g/mol. The standard InChI is InChI=1S/C49H31NS/c1-3-16-43-37(11-1)38-12-2-4-17-44(38)49(43)35-27-34(28-36(29-35)50-45-18-8-5-13-39(45)40-14-6-9-19-46(40)50)32-23-21-31(22-24-32)33-25-26-42-41-15-7-10-20-47(41)51-48(42)30-33/h1-30,49H. The van der Waals surface area contributed by atoms with E-state index in [-0.39, 0.29) is 5.92 Å². The van der Waals surface area contributed by atoms with Crippen LogP contribution in [0.1, 0.15) is 22.6 Å². The first kappa shape index (κ1) is 28.6. The Hall–Kier alpha value is -6.22. The largest absolute Gasteiger partial charge is 0.309 e. The fraction of sp³-hybridized carbons (Fsp3) is 0.0204. The van der Waals surface area contributed by atoms with Gasteiger partial charge in [-0.3, -0.25) is 0 Å². The molecule has 238 valence electrons. The molecule has 2 aromatic heterocycles. The third kappa shape index (κ3) is 4.40. The van der Waals surface area contributed by atoms with E-state index < -0.39 is 0 Å². The molecule has 1 aliphatic carbocycles. The summed E-state index contributed by atoms with van der Waals surface area (Å²) in [4.78, 5) is 0. The molecule has 8 aromatic carbocycles. The minimum atomic E-state index is 0.150. The molecule has 0 saturated heterocycles. The van der Waals surface area contributed by atoms with Crippen LogP contribution in [0, 0.1) is 0 Å². The highest BCUT2D eigenvalue weighted by Gasteiger charge is 2.30.